The van der Waals surface area contributed by atoms with Crippen LogP contribution in [-0.2, 0) is 0 Å². The third-order valence-electron chi connectivity index (χ3n) is 6.38. The van der Waals surface area contributed by atoms with Crippen molar-refractivity contribution in [1.82, 2.24) is 25.1 Å². The fourth-order valence-electron chi connectivity index (χ4n) is 4.50. The molecule has 170 valence electrons. The number of aliphatic imine (C=N–C) groups is 1. The maximum atomic E-state index is 4.49. The lowest BCUT2D eigenvalue weighted by molar-refractivity contribution is 0.247. The van der Waals surface area contributed by atoms with Gasteiger partial charge in [-0.05, 0) is 43.7 Å². The predicted molar refractivity (Wildman–Crippen MR) is 136 cm³/mol. The van der Waals surface area contributed by atoms with Crippen molar-refractivity contribution in [3.63, 3.8) is 0 Å². The number of aromatic nitrogens is 2. The molecule has 2 heterocycles. The highest BCUT2D eigenvalue weighted by atomic mass is 127. The first kappa shape index (κ1) is 25.1. The summed E-state index contributed by atoms with van der Waals surface area (Å²) in [7, 11) is 4.07. The number of piperazine rings is 1. The van der Waals surface area contributed by atoms with E-state index in [0.29, 0.717) is 0 Å². The molecular formula is C22H40IN7. The fraction of sp³-hybridized carbons (Fsp3) is 0.773. The third-order valence-corrected chi connectivity index (χ3v) is 6.38. The van der Waals surface area contributed by atoms with Gasteiger partial charge in [0.15, 0.2) is 5.96 Å². The molecule has 0 spiro atoms. The number of hydrogen-bond donors (Lipinski definition) is 1. The van der Waals surface area contributed by atoms with Crippen molar-refractivity contribution >= 4 is 35.9 Å². The Balaban J connectivity index is 0.00000320. The van der Waals surface area contributed by atoms with Crippen LogP contribution in [0, 0.1) is 11.8 Å². The highest BCUT2D eigenvalue weighted by Crippen LogP contribution is 2.28. The molecule has 1 saturated carbocycles. The highest BCUT2D eigenvalue weighted by molar-refractivity contribution is 14.0. The largest absolute Gasteiger partial charge is 0.356 e. The average molecular weight is 530 g/mol. The Morgan fingerprint density at radius 2 is 1.80 bits per heavy atom. The molecule has 1 saturated heterocycles. The molecule has 8 heteroatoms. The summed E-state index contributed by atoms with van der Waals surface area (Å²) in [6.45, 7) is 9.76. The molecule has 1 aliphatic heterocycles. The van der Waals surface area contributed by atoms with Crippen LogP contribution in [0.4, 0.5) is 5.95 Å². The molecule has 0 radical (unpaired) electrons. The maximum absolute atomic E-state index is 4.49. The van der Waals surface area contributed by atoms with Crippen molar-refractivity contribution in [3.8, 4) is 0 Å². The van der Waals surface area contributed by atoms with E-state index < -0.39 is 0 Å². The zero-order valence-corrected chi connectivity index (χ0v) is 21.3. The minimum atomic E-state index is 0. The van der Waals surface area contributed by atoms with E-state index in [9.17, 15) is 0 Å². The van der Waals surface area contributed by atoms with E-state index in [2.05, 4.69) is 48.9 Å². The number of nitrogens with one attached hydrogen (secondary N) is 1. The van der Waals surface area contributed by atoms with Crippen molar-refractivity contribution in [3.05, 3.63) is 18.5 Å². The van der Waals surface area contributed by atoms with Gasteiger partial charge in [0, 0.05) is 65.8 Å². The smallest absolute Gasteiger partial charge is 0.225 e. The van der Waals surface area contributed by atoms with Crippen LogP contribution >= 0.6 is 24.0 Å². The number of guanidine groups is 1. The molecule has 1 N–H and O–H groups in total. The average Bonchev–Trinajstić information content (AvgIpc) is 2.76. The van der Waals surface area contributed by atoms with Gasteiger partial charge in [0.1, 0.15) is 0 Å². The Morgan fingerprint density at radius 1 is 1.13 bits per heavy atom. The first-order valence-corrected chi connectivity index (χ1v) is 11.3. The van der Waals surface area contributed by atoms with Crippen LogP contribution in [0.15, 0.2) is 23.5 Å². The fourth-order valence-corrected chi connectivity index (χ4v) is 4.50. The van der Waals surface area contributed by atoms with Crippen molar-refractivity contribution in [1.29, 1.82) is 0 Å². The van der Waals surface area contributed by atoms with Crippen LogP contribution in [0.5, 0.6) is 0 Å². The van der Waals surface area contributed by atoms with Crippen LogP contribution in [0.25, 0.3) is 0 Å². The minimum Gasteiger partial charge on any atom is -0.356 e. The second kappa shape index (κ2) is 13.3. The monoisotopic (exact) mass is 529 g/mol. The van der Waals surface area contributed by atoms with E-state index in [1.807, 2.05) is 25.5 Å². The highest BCUT2D eigenvalue weighted by Gasteiger charge is 2.21. The van der Waals surface area contributed by atoms with E-state index in [-0.39, 0.29) is 24.0 Å². The topological polar surface area (TPSA) is 59.9 Å². The molecular weight excluding hydrogens is 489 g/mol. The van der Waals surface area contributed by atoms with Gasteiger partial charge < -0.3 is 15.1 Å². The first-order valence-electron chi connectivity index (χ1n) is 11.3. The molecule has 1 aromatic rings. The maximum Gasteiger partial charge on any atom is 0.225 e. The van der Waals surface area contributed by atoms with E-state index in [4.69, 9.17) is 0 Å². The SMILES string of the molecule is CN=C(NCCCN1CCN(c2ncccn2)CC1)N(C)CC1CCC(C)CC1.I. The van der Waals surface area contributed by atoms with Crippen molar-refractivity contribution in [2.24, 2.45) is 16.8 Å². The van der Waals surface area contributed by atoms with Gasteiger partial charge in [-0.25, -0.2) is 9.97 Å². The summed E-state index contributed by atoms with van der Waals surface area (Å²) in [6.07, 6.45) is 10.3. The summed E-state index contributed by atoms with van der Waals surface area (Å²) in [5, 5.41) is 3.56. The number of anilines is 1. The molecule has 1 aliphatic carbocycles. The van der Waals surface area contributed by atoms with Crippen LogP contribution in [0.3, 0.4) is 0 Å². The van der Waals surface area contributed by atoms with Crippen molar-refractivity contribution < 1.29 is 0 Å². The molecule has 0 atom stereocenters. The van der Waals surface area contributed by atoms with Crippen molar-refractivity contribution in [2.75, 3.05) is 64.8 Å². The van der Waals surface area contributed by atoms with Gasteiger partial charge in [-0.15, -0.1) is 24.0 Å². The lowest BCUT2D eigenvalue weighted by Gasteiger charge is -2.34. The predicted octanol–water partition coefficient (Wildman–Crippen LogP) is 2.94. The second-order valence-electron chi connectivity index (χ2n) is 8.71. The number of halogens is 1. The van der Waals surface area contributed by atoms with Crippen LogP contribution in [0.1, 0.15) is 39.0 Å². The Labute approximate surface area is 199 Å². The summed E-state index contributed by atoms with van der Waals surface area (Å²) in [4.78, 5) is 20.4. The molecule has 2 fully saturated rings. The van der Waals surface area contributed by atoms with Gasteiger partial charge in [-0.3, -0.25) is 9.89 Å². The third kappa shape index (κ3) is 7.83. The zero-order valence-electron chi connectivity index (χ0n) is 19.0. The van der Waals surface area contributed by atoms with Crippen LogP contribution in [-0.4, -0.2) is 85.6 Å². The summed E-state index contributed by atoms with van der Waals surface area (Å²) < 4.78 is 0. The van der Waals surface area contributed by atoms with E-state index in [1.54, 1.807) is 0 Å². The molecule has 7 nitrogen and oxygen atoms in total. The second-order valence-corrected chi connectivity index (χ2v) is 8.71. The standard InChI is InChI=1S/C22H39N7.HI/c1-19-6-8-20(9-7-19)18-27(3)21(23-2)24-12-5-13-28-14-16-29(17-15-28)22-25-10-4-11-26-22;/h4,10-11,19-20H,5-9,12-18H2,1-3H3,(H,23,24);1H. The van der Waals surface area contributed by atoms with Crippen LogP contribution in [0.2, 0.25) is 0 Å². The Kier molecular flexibility index (Phi) is 11.1. The molecule has 0 aromatic carbocycles. The Morgan fingerprint density at radius 3 is 2.43 bits per heavy atom. The summed E-state index contributed by atoms with van der Waals surface area (Å²) in [6, 6.07) is 1.87. The normalized spacial score (nSPS) is 23.0. The number of hydrogen-bond acceptors (Lipinski definition) is 5. The number of nitrogens with zero attached hydrogens (tertiary/aromatic N) is 6. The van der Waals surface area contributed by atoms with Crippen molar-refractivity contribution in [2.45, 2.75) is 39.0 Å². The van der Waals surface area contributed by atoms with Gasteiger partial charge >= 0.3 is 0 Å². The minimum absolute atomic E-state index is 0. The molecule has 1 aromatic heterocycles. The van der Waals surface area contributed by atoms with E-state index in [1.165, 1.54) is 25.7 Å². The van der Waals surface area contributed by atoms with E-state index in [0.717, 1.165) is 76.0 Å². The lowest BCUT2D eigenvalue weighted by Crippen LogP contribution is -2.48. The molecule has 0 unspecified atom stereocenters. The first-order chi connectivity index (χ1) is 14.2. The van der Waals surface area contributed by atoms with Gasteiger partial charge in [-0.1, -0.05) is 19.8 Å². The summed E-state index contributed by atoms with van der Waals surface area (Å²) in [5.41, 5.74) is 0. The van der Waals surface area contributed by atoms with Crippen LogP contribution < -0.4 is 10.2 Å². The Bertz CT molecular complexity index is 611. The molecule has 0 bridgehead atoms. The Hall–Kier alpha value is -1.16. The zero-order chi connectivity index (χ0) is 20.5. The molecule has 30 heavy (non-hydrogen) atoms. The van der Waals surface area contributed by atoms with Gasteiger partial charge in [0.05, 0.1) is 0 Å². The summed E-state index contributed by atoms with van der Waals surface area (Å²) >= 11 is 0. The lowest BCUT2D eigenvalue weighted by atomic mass is 9.83. The van der Waals surface area contributed by atoms with Gasteiger partial charge in [0.25, 0.3) is 0 Å². The molecule has 0 amide bonds. The summed E-state index contributed by atoms with van der Waals surface area (Å²) in [5.74, 6) is 3.62. The molecule has 2 aliphatic rings. The van der Waals surface area contributed by atoms with E-state index >= 15 is 0 Å². The quantitative estimate of drug-likeness (QED) is 0.254. The number of rotatable bonds is 7. The van der Waals surface area contributed by atoms with Gasteiger partial charge in [0.2, 0.25) is 5.95 Å². The van der Waals surface area contributed by atoms with Gasteiger partial charge in [-0.2, -0.15) is 0 Å². The molecule has 3 rings (SSSR count).